The molecule has 0 bridgehead atoms. The quantitative estimate of drug-likeness (QED) is 0.381. The molecule has 33 heavy (non-hydrogen) atoms. The zero-order chi connectivity index (χ0) is 23.4. The molecule has 0 unspecified atom stereocenters. The van der Waals surface area contributed by atoms with Crippen molar-refractivity contribution in [3.05, 3.63) is 103 Å². The van der Waals surface area contributed by atoms with Crippen LogP contribution in [0.2, 0.25) is 5.02 Å². The number of pyridine rings is 1. The Kier molecular flexibility index (Phi) is 6.82. The maximum atomic E-state index is 12.8. The summed E-state index contributed by atoms with van der Waals surface area (Å²) >= 11 is 6.00. The van der Waals surface area contributed by atoms with Gasteiger partial charge in [0.25, 0.3) is 0 Å². The van der Waals surface area contributed by atoms with E-state index in [1.54, 1.807) is 42.0 Å². The molecule has 8 heteroatoms. The van der Waals surface area contributed by atoms with Gasteiger partial charge in [0.2, 0.25) is 5.43 Å². The molecular formula is C25H23ClN2O5. The van der Waals surface area contributed by atoms with Gasteiger partial charge in [-0.3, -0.25) is 9.59 Å². The predicted octanol–water partition coefficient (Wildman–Crippen LogP) is 3.99. The van der Waals surface area contributed by atoms with Crippen LogP contribution in [-0.4, -0.2) is 16.2 Å². The molecule has 0 radical (unpaired) electrons. The molecule has 2 N–H and O–H groups in total. The van der Waals surface area contributed by atoms with E-state index in [9.17, 15) is 14.7 Å². The third kappa shape index (κ3) is 5.27. The summed E-state index contributed by atoms with van der Waals surface area (Å²) in [6.07, 6.45) is 3.09. The smallest absolute Gasteiger partial charge is 0.223 e. The Labute approximate surface area is 194 Å². The van der Waals surface area contributed by atoms with Gasteiger partial charge >= 0.3 is 0 Å². The Hall–Kier alpha value is -3.55. The molecule has 0 fully saturated rings. The van der Waals surface area contributed by atoms with Gasteiger partial charge in [-0.15, -0.1) is 0 Å². The number of halogens is 1. The predicted molar refractivity (Wildman–Crippen MR) is 127 cm³/mol. The lowest BCUT2D eigenvalue weighted by Crippen LogP contribution is -2.24. The minimum Gasteiger partial charge on any atom is -0.503 e. The average molecular weight is 467 g/mol. The van der Waals surface area contributed by atoms with E-state index < -0.39 is 5.43 Å². The highest BCUT2D eigenvalue weighted by molar-refractivity contribution is 6.30. The monoisotopic (exact) mass is 466 g/mol. The summed E-state index contributed by atoms with van der Waals surface area (Å²) in [7, 11) is 0. The van der Waals surface area contributed by atoms with E-state index in [0.29, 0.717) is 59.2 Å². The van der Waals surface area contributed by atoms with Gasteiger partial charge in [0, 0.05) is 48.5 Å². The second-order valence-corrected chi connectivity index (χ2v) is 8.09. The molecule has 0 aliphatic rings. The van der Waals surface area contributed by atoms with Gasteiger partial charge < -0.3 is 24.1 Å². The molecule has 2 aromatic heterocycles. The summed E-state index contributed by atoms with van der Waals surface area (Å²) in [6, 6.07) is 13.9. The van der Waals surface area contributed by atoms with E-state index in [1.807, 2.05) is 18.2 Å². The maximum Gasteiger partial charge on any atom is 0.223 e. The second-order valence-electron chi connectivity index (χ2n) is 7.65. The van der Waals surface area contributed by atoms with Crippen molar-refractivity contribution in [2.24, 2.45) is 0 Å². The zero-order valence-corrected chi connectivity index (χ0v) is 18.8. The topological polar surface area (TPSA) is 93.7 Å². The largest absolute Gasteiger partial charge is 0.503 e. The Morgan fingerprint density at radius 3 is 2.82 bits per heavy atom. The number of hydrogen-bond acceptors (Lipinski definition) is 6. The number of aromatic nitrogens is 1. The van der Waals surface area contributed by atoms with Crippen molar-refractivity contribution in [1.29, 1.82) is 0 Å². The van der Waals surface area contributed by atoms with E-state index in [1.165, 1.54) is 12.3 Å². The van der Waals surface area contributed by atoms with Crippen LogP contribution in [0.1, 0.15) is 16.8 Å². The number of rotatable bonds is 8. The number of nitrogens with zero attached hydrogens (tertiary/aromatic N) is 1. The SMILES string of the molecule is Cc1c(O)c(=O)ccn1CCNCc1coc2cc(OCc3cccc(Cl)c3)ccc2c1=O. The van der Waals surface area contributed by atoms with Gasteiger partial charge in [-0.05, 0) is 36.8 Å². The summed E-state index contributed by atoms with van der Waals surface area (Å²) in [5.74, 6) is 0.347. The fourth-order valence-electron chi connectivity index (χ4n) is 3.48. The number of benzene rings is 2. The van der Waals surface area contributed by atoms with E-state index in [0.717, 1.165) is 5.56 Å². The van der Waals surface area contributed by atoms with E-state index in [-0.39, 0.29) is 11.2 Å². The summed E-state index contributed by atoms with van der Waals surface area (Å²) in [5.41, 5.74) is 1.90. The van der Waals surface area contributed by atoms with Crippen molar-refractivity contribution in [3.8, 4) is 11.5 Å². The lowest BCUT2D eigenvalue weighted by molar-refractivity contribution is 0.306. The van der Waals surface area contributed by atoms with Gasteiger partial charge in [-0.2, -0.15) is 0 Å². The molecule has 0 spiro atoms. The molecule has 170 valence electrons. The van der Waals surface area contributed by atoms with Crippen molar-refractivity contribution in [1.82, 2.24) is 9.88 Å². The van der Waals surface area contributed by atoms with Crippen molar-refractivity contribution in [2.45, 2.75) is 26.6 Å². The minimum atomic E-state index is -0.400. The highest BCUT2D eigenvalue weighted by Gasteiger charge is 2.09. The average Bonchev–Trinajstić information content (AvgIpc) is 2.81. The van der Waals surface area contributed by atoms with Crippen LogP contribution in [0, 0.1) is 6.92 Å². The van der Waals surface area contributed by atoms with Crippen LogP contribution >= 0.6 is 11.6 Å². The molecule has 2 aromatic carbocycles. The van der Waals surface area contributed by atoms with Gasteiger partial charge in [0.05, 0.1) is 17.3 Å². The van der Waals surface area contributed by atoms with Gasteiger partial charge in [0.1, 0.15) is 17.9 Å². The molecule has 0 saturated heterocycles. The summed E-state index contributed by atoms with van der Waals surface area (Å²) in [4.78, 5) is 24.3. The van der Waals surface area contributed by atoms with Gasteiger partial charge in [-0.1, -0.05) is 23.7 Å². The van der Waals surface area contributed by atoms with Gasteiger partial charge in [0.15, 0.2) is 11.2 Å². The third-order valence-corrected chi connectivity index (χ3v) is 5.60. The minimum absolute atomic E-state index is 0.109. The third-order valence-electron chi connectivity index (χ3n) is 5.37. The summed E-state index contributed by atoms with van der Waals surface area (Å²) < 4.78 is 13.3. The fourth-order valence-corrected chi connectivity index (χ4v) is 3.69. The first kappa shape index (κ1) is 22.6. The molecular weight excluding hydrogens is 444 g/mol. The fraction of sp³-hybridized carbons (Fsp3) is 0.200. The number of fused-ring (bicyclic) bond motifs is 1. The van der Waals surface area contributed by atoms with Crippen LogP contribution < -0.4 is 20.9 Å². The molecule has 0 aliphatic heterocycles. The van der Waals surface area contributed by atoms with Gasteiger partial charge in [-0.25, -0.2) is 0 Å². The summed E-state index contributed by atoms with van der Waals surface area (Å²) in [5, 5.41) is 14.1. The van der Waals surface area contributed by atoms with Crippen molar-refractivity contribution in [2.75, 3.05) is 6.54 Å². The molecule has 0 saturated carbocycles. The standard InChI is InChI=1S/C25H23ClN2O5/c1-16-24(30)22(29)7-9-28(16)10-8-27-13-18-15-33-23-12-20(5-6-21(23)25(18)31)32-14-17-3-2-4-19(26)11-17/h2-7,9,11-12,15,27,30H,8,10,13-14H2,1H3. The number of nitrogens with one attached hydrogen (secondary N) is 1. The highest BCUT2D eigenvalue weighted by Crippen LogP contribution is 2.21. The first-order valence-electron chi connectivity index (χ1n) is 10.4. The Morgan fingerprint density at radius 2 is 2.00 bits per heavy atom. The number of hydrogen-bond donors (Lipinski definition) is 2. The highest BCUT2D eigenvalue weighted by atomic mass is 35.5. The maximum absolute atomic E-state index is 12.8. The van der Waals surface area contributed by atoms with Crippen molar-refractivity contribution < 1.29 is 14.3 Å². The van der Waals surface area contributed by atoms with Crippen LogP contribution in [0.25, 0.3) is 11.0 Å². The molecule has 0 amide bonds. The van der Waals surface area contributed by atoms with Crippen LogP contribution in [0.3, 0.4) is 0 Å². The Balaban J connectivity index is 1.38. The van der Waals surface area contributed by atoms with Crippen LogP contribution in [0.4, 0.5) is 0 Å². The Bertz CT molecular complexity index is 1410. The lowest BCUT2D eigenvalue weighted by Gasteiger charge is -2.12. The summed E-state index contributed by atoms with van der Waals surface area (Å²) in [6.45, 7) is 3.44. The van der Waals surface area contributed by atoms with Crippen LogP contribution in [0.15, 0.2) is 75.0 Å². The van der Waals surface area contributed by atoms with Crippen LogP contribution in [-0.2, 0) is 19.7 Å². The van der Waals surface area contributed by atoms with E-state index in [2.05, 4.69) is 5.32 Å². The molecule has 4 rings (SSSR count). The van der Waals surface area contributed by atoms with Crippen molar-refractivity contribution >= 4 is 22.6 Å². The zero-order valence-electron chi connectivity index (χ0n) is 18.0. The lowest BCUT2D eigenvalue weighted by atomic mass is 10.1. The molecule has 0 aliphatic carbocycles. The molecule has 7 nitrogen and oxygen atoms in total. The van der Waals surface area contributed by atoms with Crippen molar-refractivity contribution in [3.63, 3.8) is 0 Å². The molecule has 0 atom stereocenters. The number of ether oxygens (including phenoxy) is 1. The normalized spacial score (nSPS) is 11.1. The number of aromatic hydroxyl groups is 1. The molecule has 2 heterocycles. The van der Waals surface area contributed by atoms with Crippen LogP contribution in [0.5, 0.6) is 11.5 Å². The second kappa shape index (κ2) is 9.94. The first-order valence-corrected chi connectivity index (χ1v) is 10.8. The molecule has 4 aromatic rings. The van der Waals surface area contributed by atoms with E-state index in [4.69, 9.17) is 20.8 Å². The first-order chi connectivity index (χ1) is 15.9. The van der Waals surface area contributed by atoms with E-state index >= 15 is 0 Å². The Morgan fingerprint density at radius 1 is 1.15 bits per heavy atom.